The van der Waals surface area contributed by atoms with Crippen molar-refractivity contribution in [3.05, 3.63) is 106 Å². The Morgan fingerprint density at radius 2 is 1.53 bits per heavy atom. The maximum atomic E-state index is 13.6. The highest BCUT2D eigenvalue weighted by molar-refractivity contribution is 7.92. The Morgan fingerprint density at radius 1 is 0.917 bits per heavy atom. The van der Waals surface area contributed by atoms with Crippen LogP contribution in [0.2, 0.25) is 0 Å². The van der Waals surface area contributed by atoms with Crippen LogP contribution in [0.4, 0.5) is 11.4 Å². The van der Waals surface area contributed by atoms with Crippen LogP contribution in [0.5, 0.6) is 0 Å². The molecule has 186 valence electrons. The van der Waals surface area contributed by atoms with Gasteiger partial charge in [-0.15, -0.1) is 0 Å². The van der Waals surface area contributed by atoms with Crippen molar-refractivity contribution in [3.63, 3.8) is 0 Å². The third kappa shape index (κ3) is 4.70. The first-order chi connectivity index (χ1) is 17.1. The lowest BCUT2D eigenvalue weighted by molar-refractivity contribution is -0.114. The van der Waals surface area contributed by atoms with E-state index < -0.39 is 28.0 Å². The van der Waals surface area contributed by atoms with Gasteiger partial charge in [0.2, 0.25) is 5.91 Å². The second-order valence-corrected chi connectivity index (χ2v) is 10.5. The van der Waals surface area contributed by atoms with Gasteiger partial charge in [-0.3, -0.25) is 18.6 Å². The van der Waals surface area contributed by atoms with E-state index in [1.807, 2.05) is 37.3 Å². The number of anilines is 2. The van der Waals surface area contributed by atoms with Gasteiger partial charge in [0.05, 0.1) is 22.0 Å². The number of nitrogens with one attached hydrogen (secondary N) is 1. The fourth-order valence-corrected chi connectivity index (χ4v) is 5.53. The van der Waals surface area contributed by atoms with Gasteiger partial charge >= 0.3 is 0 Å². The van der Waals surface area contributed by atoms with E-state index in [1.54, 1.807) is 62.0 Å². The maximum absolute atomic E-state index is 13.6. The molecule has 1 amide bonds. The lowest BCUT2D eigenvalue weighted by atomic mass is 10.1. The minimum Gasteiger partial charge on any atom is -0.318 e. The number of carbonyl (C=O) groups is 1. The van der Waals surface area contributed by atoms with Crippen LogP contribution in [-0.4, -0.2) is 30.2 Å². The van der Waals surface area contributed by atoms with Crippen molar-refractivity contribution < 1.29 is 13.2 Å². The number of para-hydroxylation sites is 1. The molecule has 8 nitrogen and oxygen atoms in total. The zero-order valence-corrected chi connectivity index (χ0v) is 21.4. The summed E-state index contributed by atoms with van der Waals surface area (Å²) >= 11 is 0. The minimum absolute atomic E-state index is 0.0704. The van der Waals surface area contributed by atoms with Crippen molar-refractivity contribution in [1.82, 2.24) is 9.36 Å². The van der Waals surface area contributed by atoms with E-state index in [4.69, 9.17) is 0 Å². The smallest absolute Gasteiger partial charge is 0.295 e. The Morgan fingerprint density at radius 3 is 2.17 bits per heavy atom. The van der Waals surface area contributed by atoms with Crippen LogP contribution in [0.1, 0.15) is 16.8 Å². The number of aromatic nitrogens is 2. The highest BCUT2D eigenvalue weighted by Crippen LogP contribution is 2.28. The van der Waals surface area contributed by atoms with Crippen LogP contribution in [-0.2, 0) is 21.9 Å². The molecule has 4 aromatic rings. The number of amides is 1. The molecule has 0 spiro atoms. The third-order valence-electron chi connectivity index (χ3n) is 6.07. The lowest BCUT2D eigenvalue weighted by Crippen LogP contribution is -2.39. The first-order valence-corrected chi connectivity index (χ1v) is 12.8. The van der Waals surface area contributed by atoms with Crippen molar-refractivity contribution in [3.8, 4) is 5.69 Å². The number of rotatable bonds is 7. The number of hydrogen-bond donors (Lipinski definition) is 1. The standard InChI is InChI=1S/C27H28N4O4S/c1-19-15-16-20(2)24(17-19)30(36(34,35)23-13-9-6-10-14-23)18-25(32)28-26-21(3)29(4)31(27(26)33)22-11-7-5-8-12-22/h5-17H,18H2,1-4H3,(H,28,32). The van der Waals surface area contributed by atoms with Crippen LogP contribution in [0.15, 0.2) is 88.6 Å². The van der Waals surface area contributed by atoms with Gasteiger partial charge in [0.15, 0.2) is 0 Å². The number of aryl methyl sites for hydroxylation is 2. The Balaban J connectivity index is 1.72. The average Bonchev–Trinajstić information content (AvgIpc) is 3.08. The van der Waals surface area contributed by atoms with Gasteiger partial charge in [0.1, 0.15) is 12.2 Å². The first kappa shape index (κ1) is 25.0. The second kappa shape index (κ2) is 9.87. The third-order valence-corrected chi connectivity index (χ3v) is 7.84. The number of hydrogen-bond acceptors (Lipinski definition) is 4. The molecule has 0 saturated carbocycles. The number of carbonyl (C=O) groups excluding carboxylic acids is 1. The summed E-state index contributed by atoms with van der Waals surface area (Å²) in [6, 6.07) is 22.5. The molecule has 0 aliphatic rings. The van der Waals surface area contributed by atoms with E-state index in [0.717, 1.165) is 9.87 Å². The van der Waals surface area contributed by atoms with E-state index in [2.05, 4.69) is 5.32 Å². The largest absolute Gasteiger partial charge is 0.318 e. The van der Waals surface area contributed by atoms with Gasteiger partial charge < -0.3 is 5.32 Å². The highest BCUT2D eigenvalue weighted by atomic mass is 32.2. The Hall–Kier alpha value is -4.11. The van der Waals surface area contributed by atoms with E-state index in [9.17, 15) is 18.0 Å². The fraction of sp³-hybridized carbons (Fsp3) is 0.185. The quantitative estimate of drug-likeness (QED) is 0.413. The van der Waals surface area contributed by atoms with Crippen LogP contribution in [0.25, 0.3) is 5.69 Å². The fourth-order valence-electron chi connectivity index (χ4n) is 4.03. The SMILES string of the molecule is Cc1ccc(C)c(N(CC(=O)Nc2c(C)n(C)n(-c3ccccc3)c2=O)S(=O)(=O)c2ccccc2)c1. The van der Waals surface area contributed by atoms with Gasteiger partial charge in [-0.1, -0.05) is 48.5 Å². The Labute approximate surface area is 210 Å². The molecule has 0 saturated heterocycles. The predicted octanol–water partition coefficient (Wildman–Crippen LogP) is 3.94. The summed E-state index contributed by atoms with van der Waals surface area (Å²) in [6.07, 6.45) is 0. The van der Waals surface area contributed by atoms with Crippen LogP contribution >= 0.6 is 0 Å². The van der Waals surface area contributed by atoms with Crippen molar-refractivity contribution >= 4 is 27.3 Å². The molecular formula is C27H28N4O4S. The van der Waals surface area contributed by atoms with Crippen molar-refractivity contribution in [2.45, 2.75) is 25.7 Å². The summed E-state index contributed by atoms with van der Waals surface area (Å²) in [4.78, 5) is 26.5. The molecule has 0 unspecified atom stereocenters. The normalized spacial score (nSPS) is 11.3. The van der Waals surface area contributed by atoms with Gasteiger partial charge in [-0.25, -0.2) is 13.1 Å². The molecule has 0 aliphatic heterocycles. The molecule has 36 heavy (non-hydrogen) atoms. The van der Waals surface area contributed by atoms with Gasteiger partial charge in [0.25, 0.3) is 15.6 Å². The maximum Gasteiger partial charge on any atom is 0.295 e. The zero-order valence-electron chi connectivity index (χ0n) is 20.6. The average molecular weight is 505 g/mol. The van der Waals surface area contributed by atoms with Gasteiger partial charge in [-0.2, -0.15) is 0 Å². The highest BCUT2D eigenvalue weighted by Gasteiger charge is 2.29. The number of benzene rings is 3. The first-order valence-electron chi connectivity index (χ1n) is 11.4. The van der Waals surface area contributed by atoms with Crippen LogP contribution < -0.4 is 15.2 Å². The molecular weight excluding hydrogens is 476 g/mol. The number of nitrogens with zero attached hydrogens (tertiary/aromatic N) is 3. The zero-order chi connectivity index (χ0) is 26.0. The van der Waals surface area contributed by atoms with E-state index >= 15 is 0 Å². The Bertz CT molecular complexity index is 1570. The molecule has 4 rings (SSSR count). The molecule has 0 bridgehead atoms. The van der Waals surface area contributed by atoms with E-state index in [1.165, 1.54) is 16.8 Å². The van der Waals surface area contributed by atoms with Gasteiger partial charge in [0, 0.05) is 7.05 Å². The van der Waals surface area contributed by atoms with Crippen LogP contribution in [0.3, 0.4) is 0 Å². The second-order valence-electron chi connectivity index (χ2n) is 8.60. The van der Waals surface area contributed by atoms with Crippen molar-refractivity contribution in [2.24, 2.45) is 7.05 Å². The summed E-state index contributed by atoms with van der Waals surface area (Å²) in [7, 11) is -2.34. The molecule has 0 atom stereocenters. The molecule has 1 aromatic heterocycles. The molecule has 3 aromatic carbocycles. The summed E-state index contributed by atoms with van der Waals surface area (Å²) in [5.41, 5.74) is 2.85. The predicted molar refractivity (Wildman–Crippen MR) is 141 cm³/mol. The molecule has 1 heterocycles. The Kier molecular flexibility index (Phi) is 6.85. The minimum atomic E-state index is -4.06. The summed E-state index contributed by atoms with van der Waals surface area (Å²) < 4.78 is 31.5. The van der Waals surface area contributed by atoms with Gasteiger partial charge in [-0.05, 0) is 62.2 Å². The molecule has 0 radical (unpaired) electrons. The van der Waals surface area contributed by atoms with Crippen molar-refractivity contribution in [1.29, 1.82) is 0 Å². The topological polar surface area (TPSA) is 93.4 Å². The number of sulfonamides is 1. The molecule has 0 aliphatic carbocycles. The van der Waals surface area contributed by atoms with Crippen LogP contribution in [0, 0.1) is 20.8 Å². The molecule has 9 heteroatoms. The van der Waals surface area contributed by atoms with E-state index in [0.29, 0.717) is 22.6 Å². The molecule has 0 fully saturated rings. The van der Waals surface area contributed by atoms with Crippen molar-refractivity contribution in [2.75, 3.05) is 16.2 Å². The summed E-state index contributed by atoms with van der Waals surface area (Å²) in [5.74, 6) is -0.624. The molecule has 1 N–H and O–H groups in total. The van der Waals surface area contributed by atoms with E-state index in [-0.39, 0.29) is 10.6 Å². The summed E-state index contributed by atoms with van der Waals surface area (Å²) in [5, 5.41) is 2.67. The monoisotopic (exact) mass is 504 g/mol. The summed E-state index contributed by atoms with van der Waals surface area (Å²) in [6.45, 7) is 4.87. The lowest BCUT2D eigenvalue weighted by Gasteiger charge is -2.26.